The molecule has 1 aromatic carbocycles. The van der Waals surface area contributed by atoms with Crippen LogP contribution in [0.3, 0.4) is 0 Å². The van der Waals surface area contributed by atoms with Gasteiger partial charge in [-0.2, -0.15) is 13.2 Å². The Balaban J connectivity index is 1.90. The molecule has 5 nitrogen and oxygen atoms in total. The van der Waals surface area contributed by atoms with E-state index in [-0.39, 0.29) is 11.4 Å². The Bertz CT molecular complexity index is 719. The quantitative estimate of drug-likeness (QED) is 0.688. The van der Waals surface area contributed by atoms with Crippen molar-refractivity contribution in [2.45, 2.75) is 24.4 Å². The molecule has 136 valence electrons. The van der Waals surface area contributed by atoms with Crippen LogP contribution in [0.25, 0.3) is 0 Å². The summed E-state index contributed by atoms with van der Waals surface area (Å²) in [6.45, 7) is 4.88. The summed E-state index contributed by atoms with van der Waals surface area (Å²) in [5.74, 6) is -0.126. The Morgan fingerprint density at radius 2 is 2.00 bits per heavy atom. The van der Waals surface area contributed by atoms with Crippen molar-refractivity contribution in [3.8, 4) is 0 Å². The van der Waals surface area contributed by atoms with Crippen LogP contribution in [0.5, 0.6) is 0 Å². The second-order valence-electron chi connectivity index (χ2n) is 5.53. The minimum atomic E-state index is -4.52. The molecule has 0 aliphatic carbocycles. The number of benzene rings is 1. The van der Waals surface area contributed by atoms with Crippen molar-refractivity contribution in [2.24, 2.45) is 5.92 Å². The molecule has 0 atom stereocenters. The first-order valence-electron chi connectivity index (χ1n) is 7.42. The van der Waals surface area contributed by atoms with E-state index in [0.29, 0.717) is 15.4 Å². The molecule has 0 unspecified atom stereocenters. The third-order valence-electron chi connectivity index (χ3n) is 2.90. The van der Waals surface area contributed by atoms with Gasteiger partial charge < -0.3 is 10.6 Å². The normalized spacial score (nSPS) is 11.6. The van der Waals surface area contributed by atoms with Crippen molar-refractivity contribution in [1.82, 2.24) is 10.2 Å². The number of amides is 1. The predicted octanol–water partition coefficient (Wildman–Crippen LogP) is 4.36. The van der Waals surface area contributed by atoms with Crippen LogP contribution in [0.15, 0.2) is 28.6 Å². The molecular formula is C15H17F3N4OS2. The van der Waals surface area contributed by atoms with Gasteiger partial charge in [0.15, 0.2) is 4.34 Å². The number of carbonyl (C=O) groups is 1. The lowest BCUT2D eigenvalue weighted by Gasteiger charge is -2.13. The third kappa shape index (κ3) is 6.20. The largest absolute Gasteiger partial charge is 0.418 e. The topological polar surface area (TPSA) is 66.9 Å². The van der Waals surface area contributed by atoms with Gasteiger partial charge in [-0.3, -0.25) is 4.79 Å². The average Bonchev–Trinajstić information content (AvgIpc) is 2.98. The fourth-order valence-corrected chi connectivity index (χ4v) is 3.34. The zero-order valence-electron chi connectivity index (χ0n) is 13.6. The van der Waals surface area contributed by atoms with E-state index < -0.39 is 17.6 Å². The number of anilines is 2. The lowest BCUT2D eigenvalue weighted by molar-refractivity contribution is -0.137. The van der Waals surface area contributed by atoms with Crippen LogP contribution in [0, 0.1) is 5.92 Å². The van der Waals surface area contributed by atoms with E-state index in [2.05, 4.69) is 34.7 Å². The molecule has 0 aliphatic rings. The van der Waals surface area contributed by atoms with Gasteiger partial charge in [0.2, 0.25) is 11.0 Å². The van der Waals surface area contributed by atoms with Crippen molar-refractivity contribution in [1.29, 1.82) is 0 Å². The van der Waals surface area contributed by atoms with Gasteiger partial charge in [-0.1, -0.05) is 49.1 Å². The molecule has 2 N–H and O–H groups in total. The zero-order valence-corrected chi connectivity index (χ0v) is 15.2. The summed E-state index contributed by atoms with van der Waals surface area (Å²) in [4.78, 5) is 11.9. The Labute approximate surface area is 151 Å². The van der Waals surface area contributed by atoms with Crippen molar-refractivity contribution >= 4 is 39.8 Å². The molecule has 0 radical (unpaired) electrons. The summed E-state index contributed by atoms with van der Waals surface area (Å²) in [7, 11) is 0. The molecule has 0 aliphatic heterocycles. The highest BCUT2D eigenvalue weighted by atomic mass is 32.2. The first-order valence-corrected chi connectivity index (χ1v) is 9.22. The van der Waals surface area contributed by atoms with Crippen LogP contribution in [-0.2, 0) is 11.0 Å². The van der Waals surface area contributed by atoms with E-state index in [1.165, 1.54) is 29.5 Å². The molecule has 0 spiro atoms. The SMILES string of the molecule is CC(C)CNc1nnc(SCC(=O)Nc2ccccc2C(F)(F)F)s1. The maximum absolute atomic E-state index is 12.9. The smallest absolute Gasteiger partial charge is 0.360 e. The first kappa shape index (κ1) is 19.5. The highest BCUT2D eigenvalue weighted by molar-refractivity contribution is 8.01. The molecule has 2 rings (SSSR count). The lowest BCUT2D eigenvalue weighted by atomic mass is 10.1. The molecule has 0 fully saturated rings. The van der Waals surface area contributed by atoms with Gasteiger partial charge in [0, 0.05) is 6.54 Å². The molecule has 10 heteroatoms. The monoisotopic (exact) mass is 390 g/mol. The minimum Gasteiger partial charge on any atom is -0.360 e. The fourth-order valence-electron chi connectivity index (χ4n) is 1.78. The molecule has 2 aromatic rings. The molecule has 25 heavy (non-hydrogen) atoms. The Kier molecular flexibility index (Phi) is 6.65. The van der Waals surface area contributed by atoms with E-state index >= 15 is 0 Å². The second kappa shape index (κ2) is 8.52. The Morgan fingerprint density at radius 1 is 1.28 bits per heavy atom. The van der Waals surface area contributed by atoms with Crippen LogP contribution in [0.1, 0.15) is 19.4 Å². The zero-order chi connectivity index (χ0) is 18.4. The van der Waals surface area contributed by atoms with Crippen molar-refractivity contribution in [3.05, 3.63) is 29.8 Å². The fraction of sp³-hybridized carbons (Fsp3) is 0.400. The average molecular weight is 390 g/mol. The number of rotatable bonds is 7. The molecule has 0 saturated carbocycles. The number of aromatic nitrogens is 2. The van der Waals surface area contributed by atoms with E-state index in [0.717, 1.165) is 24.4 Å². The minimum absolute atomic E-state index is 0.0506. The summed E-state index contributed by atoms with van der Waals surface area (Å²) < 4.78 is 39.3. The number of hydrogen-bond donors (Lipinski definition) is 2. The Morgan fingerprint density at radius 3 is 2.68 bits per heavy atom. The summed E-state index contributed by atoms with van der Waals surface area (Å²) in [6, 6.07) is 4.88. The van der Waals surface area contributed by atoms with E-state index in [4.69, 9.17) is 0 Å². The van der Waals surface area contributed by atoms with Gasteiger partial charge >= 0.3 is 6.18 Å². The number of halogens is 3. The van der Waals surface area contributed by atoms with E-state index in [9.17, 15) is 18.0 Å². The summed E-state index contributed by atoms with van der Waals surface area (Å²) in [6.07, 6.45) is -4.52. The second-order valence-corrected chi connectivity index (χ2v) is 7.73. The lowest BCUT2D eigenvalue weighted by Crippen LogP contribution is -2.18. The number of carbonyl (C=O) groups excluding carboxylic acids is 1. The molecule has 0 bridgehead atoms. The maximum atomic E-state index is 12.9. The van der Waals surface area contributed by atoms with Gasteiger partial charge in [-0.15, -0.1) is 10.2 Å². The van der Waals surface area contributed by atoms with Crippen LogP contribution >= 0.6 is 23.1 Å². The van der Waals surface area contributed by atoms with Crippen LogP contribution in [0.2, 0.25) is 0 Å². The van der Waals surface area contributed by atoms with E-state index in [1.54, 1.807) is 0 Å². The van der Waals surface area contributed by atoms with E-state index in [1.807, 2.05) is 0 Å². The predicted molar refractivity (Wildman–Crippen MR) is 94.0 cm³/mol. The van der Waals surface area contributed by atoms with Crippen LogP contribution in [0.4, 0.5) is 24.0 Å². The maximum Gasteiger partial charge on any atom is 0.418 e. The van der Waals surface area contributed by atoms with Crippen LogP contribution < -0.4 is 10.6 Å². The number of nitrogens with zero attached hydrogens (tertiary/aromatic N) is 2. The highest BCUT2D eigenvalue weighted by Gasteiger charge is 2.33. The highest BCUT2D eigenvalue weighted by Crippen LogP contribution is 2.34. The molecule has 1 aromatic heterocycles. The Hall–Kier alpha value is -1.81. The molecule has 0 saturated heterocycles. The van der Waals surface area contributed by atoms with Crippen molar-refractivity contribution < 1.29 is 18.0 Å². The number of nitrogens with one attached hydrogen (secondary N) is 2. The molecule has 1 heterocycles. The summed E-state index contributed by atoms with van der Waals surface area (Å²) in [5.41, 5.74) is -1.12. The summed E-state index contributed by atoms with van der Waals surface area (Å²) in [5, 5.41) is 14.0. The van der Waals surface area contributed by atoms with Gasteiger partial charge in [-0.25, -0.2) is 0 Å². The van der Waals surface area contributed by atoms with Gasteiger partial charge in [0.1, 0.15) is 0 Å². The van der Waals surface area contributed by atoms with Crippen molar-refractivity contribution in [3.63, 3.8) is 0 Å². The van der Waals surface area contributed by atoms with Gasteiger partial charge in [0.25, 0.3) is 0 Å². The molecular weight excluding hydrogens is 373 g/mol. The number of para-hydroxylation sites is 1. The first-order chi connectivity index (χ1) is 11.8. The van der Waals surface area contributed by atoms with Gasteiger partial charge in [0.05, 0.1) is 17.0 Å². The number of thioether (sulfide) groups is 1. The molecule has 1 amide bonds. The summed E-state index contributed by atoms with van der Waals surface area (Å²) >= 11 is 2.43. The number of hydrogen-bond acceptors (Lipinski definition) is 6. The number of alkyl halides is 3. The third-order valence-corrected chi connectivity index (χ3v) is 4.92. The standard InChI is InChI=1S/C15H17F3N4OS2/c1-9(2)7-19-13-21-22-14(25-13)24-8-12(23)20-11-6-4-3-5-10(11)15(16,17)18/h3-6,9H,7-8H2,1-2H3,(H,19,21)(H,20,23). The van der Waals surface area contributed by atoms with Crippen molar-refractivity contribution in [2.75, 3.05) is 22.9 Å². The van der Waals surface area contributed by atoms with Crippen LogP contribution in [-0.4, -0.2) is 28.4 Å². The van der Waals surface area contributed by atoms with Gasteiger partial charge in [-0.05, 0) is 18.1 Å².